The summed E-state index contributed by atoms with van der Waals surface area (Å²) in [6.07, 6.45) is 0. The van der Waals surface area contributed by atoms with E-state index in [1.54, 1.807) is 14.2 Å². The number of ether oxygens (including phenoxy) is 1. The molecule has 1 aromatic carbocycles. The third-order valence-electron chi connectivity index (χ3n) is 2.79. The van der Waals surface area contributed by atoms with E-state index in [0.717, 1.165) is 25.4 Å². The molecular formula is C13H13N5O2S3. The monoisotopic (exact) mass is 367 g/mol. The molecule has 2 N–H and O–H groups in total. The zero-order chi connectivity index (χ0) is 16.2. The molecule has 23 heavy (non-hydrogen) atoms. The third-order valence-corrected chi connectivity index (χ3v) is 5.80. The lowest BCUT2D eigenvalue weighted by atomic mass is 10.3. The van der Waals surface area contributed by atoms with Crippen molar-refractivity contribution in [1.29, 1.82) is 0 Å². The number of benzene rings is 1. The number of fused-ring (bicyclic) bond motifs is 1. The number of anilines is 2. The van der Waals surface area contributed by atoms with E-state index in [0.29, 0.717) is 5.13 Å². The minimum absolute atomic E-state index is 0.123. The van der Waals surface area contributed by atoms with E-state index in [-0.39, 0.29) is 11.7 Å². The number of hydrogen-bond donors (Lipinski definition) is 2. The largest absolute Gasteiger partial charge is 0.497 e. The second-order valence-electron chi connectivity index (χ2n) is 4.31. The number of methoxy groups -OCH3 is 1. The van der Waals surface area contributed by atoms with Gasteiger partial charge < -0.3 is 15.4 Å². The van der Waals surface area contributed by atoms with Crippen LogP contribution >= 0.6 is 34.4 Å². The molecule has 0 atom stereocenters. The van der Waals surface area contributed by atoms with E-state index in [1.165, 1.54) is 34.4 Å². The number of rotatable bonds is 6. The molecule has 0 saturated heterocycles. The minimum Gasteiger partial charge on any atom is -0.497 e. The Balaban J connectivity index is 1.60. The van der Waals surface area contributed by atoms with Crippen LogP contribution in [0.2, 0.25) is 0 Å². The number of carbonyl (C=O) groups excluding carboxylic acids is 1. The van der Waals surface area contributed by atoms with Gasteiger partial charge in [0, 0.05) is 7.05 Å². The van der Waals surface area contributed by atoms with Crippen molar-refractivity contribution >= 4 is 60.8 Å². The molecule has 0 bridgehead atoms. The molecule has 2 heterocycles. The molecule has 1 amide bonds. The quantitative estimate of drug-likeness (QED) is 0.648. The average molecular weight is 367 g/mol. The Morgan fingerprint density at radius 3 is 2.91 bits per heavy atom. The summed E-state index contributed by atoms with van der Waals surface area (Å²) in [5.74, 6) is 0.908. The summed E-state index contributed by atoms with van der Waals surface area (Å²) < 4.78 is 6.90. The maximum atomic E-state index is 12.0. The van der Waals surface area contributed by atoms with Gasteiger partial charge in [-0.15, -0.1) is 10.2 Å². The molecule has 0 radical (unpaired) electrons. The highest BCUT2D eigenvalue weighted by molar-refractivity contribution is 8.01. The van der Waals surface area contributed by atoms with Crippen LogP contribution in [0.15, 0.2) is 22.5 Å². The van der Waals surface area contributed by atoms with Crippen molar-refractivity contribution in [2.24, 2.45) is 0 Å². The lowest BCUT2D eigenvalue weighted by Crippen LogP contribution is -2.13. The standard InChI is InChI=1S/C13H13N5O2S3/c1-14-11-17-18-13(23-11)21-6-10(19)16-12-15-8-4-3-7(20-2)5-9(8)22-12/h3-5H,6H2,1-2H3,(H,14,17)(H,15,16,19). The van der Waals surface area contributed by atoms with Crippen molar-refractivity contribution in [3.05, 3.63) is 18.2 Å². The van der Waals surface area contributed by atoms with Gasteiger partial charge in [-0.1, -0.05) is 34.4 Å². The Hall–Kier alpha value is -1.91. The zero-order valence-electron chi connectivity index (χ0n) is 12.3. The molecule has 3 rings (SSSR count). The fourth-order valence-electron chi connectivity index (χ4n) is 1.74. The Labute approximate surface area is 144 Å². The Morgan fingerprint density at radius 2 is 2.17 bits per heavy atom. The molecule has 7 nitrogen and oxygen atoms in total. The first kappa shape index (κ1) is 16.0. The van der Waals surface area contributed by atoms with E-state index in [1.807, 2.05) is 18.2 Å². The van der Waals surface area contributed by atoms with Crippen molar-refractivity contribution < 1.29 is 9.53 Å². The van der Waals surface area contributed by atoms with Gasteiger partial charge in [0.1, 0.15) is 5.75 Å². The van der Waals surface area contributed by atoms with Crippen LogP contribution in [-0.2, 0) is 4.79 Å². The molecule has 0 aliphatic carbocycles. The van der Waals surface area contributed by atoms with Gasteiger partial charge in [-0.25, -0.2) is 4.98 Å². The van der Waals surface area contributed by atoms with Gasteiger partial charge in [-0.3, -0.25) is 4.79 Å². The Kier molecular flexibility index (Phi) is 4.94. The number of aromatic nitrogens is 3. The summed E-state index contributed by atoms with van der Waals surface area (Å²) in [6, 6.07) is 5.62. The molecule has 0 aliphatic rings. The predicted octanol–water partition coefficient (Wildman–Crippen LogP) is 2.93. The molecule has 10 heteroatoms. The van der Waals surface area contributed by atoms with Crippen molar-refractivity contribution in [2.45, 2.75) is 4.34 Å². The number of thioether (sulfide) groups is 1. The average Bonchev–Trinajstić information content (AvgIpc) is 3.17. The lowest BCUT2D eigenvalue weighted by Gasteiger charge is -1.98. The SMILES string of the molecule is CNc1nnc(SCC(=O)Nc2nc3ccc(OC)cc3s2)s1. The number of carbonyl (C=O) groups is 1. The third kappa shape index (κ3) is 3.89. The van der Waals surface area contributed by atoms with Crippen molar-refractivity contribution in [1.82, 2.24) is 15.2 Å². The molecule has 0 unspecified atom stereocenters. The maximum Gasteiger partial charge on any atom is 0.236 e. The van der Waals surface area contributed by atoms with Gasteiger partial charge in [0.05, 0.1) is 23.1 Å². The van der Waals surface area contributed by atoms with E-state index in [2.05, 4.69) is 25.8 Å². The summed E-state index contributed by atoms with van der Waals surface area (Å²) in [5, 5.41) is 14.9. The van der Waals surface area contributed by atoms with Crippen molar-refractivity contribution in [3.8, 4) is 5.75 Å². The molecular weight excluding hydrogens is 354 g/mol. The highest BCUT2D eigenvalue weighted by Gasteiger charge is 2.11. The summed E-state index contributed by atoms with van der Waals surface area (Å²) in [5.41, 5.74) is 0.835. The second kappa shape index (κ2) is 7.11. The maximum absolute atomic E-state index is 12.0. The van der Waals surface area contributed by atoms with Crippen molar-refractivity contribution in [3.63, 3.8) is 0 Å². The molecule has 3 aromatic rings. The fourth-order valence-corrected chi connectivity index (χ4v) is 4.15. The van der Waals surface area contributed by atoms with Crippen molar-refractivity contribution in [2.75, 3.05) is 30.5 Å². The van der Waals surface area contributed by atoms with E-state index >= 15 is 0 Å². The topological polar surface area (TPSA) is 89.0 Å². The number of nitrogens with one attached hydrogen (secondary N) is 2. The molecule has 0 spiro atoms. The Bertz CT molecular complexity index is 832. The van der Waals surface area contributed by atoms with Gasteiger partial charge in [0.15, 0.2) is 9.47 Å². The van der Waals surface area contributed by atoms with Gasteiger partial charge in [0.2, 0.25) is 11.0 Å². The zero-order valence-corrected chi connectivity index (χ0v) is 14.8. The smallest absolute Gasteiger partial charge is 0.236 e. The van der Waals surface area contributed by atoms with Crippen LogP contribution in [0.3, 0.4) is 0 Å². The number of amides is 1. The van der Waals surface area contributed by atoms with E-state index < -0.39 is 0 Å². The minimum atomic E-state index is -0.123. The number of nitrogens with zero attached hydrogens (tertiary/aromatic N) is 3. The van der Waals surface area contributed by atoms with Crippen LogP contribution in [0, 0.1) is 0 Å². The highest BCUT2D eigenvalue weighted by atomic mass is 32.2. The van der Waals surface area contributed by atoms with Crippen LogP contribution in [0.25, 0.3) is 10.2 Å². The van der Waals surface area contributed by atoms with Crippen LogP contribution in [0.5, 0.6) is 5.75 Å². The fraction of sp³-hybridized carbons (Fsp3) is 0.231. The van der Waals surface area contributed by atoms with Crippen LogP contribution in [0.1, 0.15) is 0 Å². The first-order valence-electron chi connectivity index (χ1n) is 6.56. The molecule has 0 fully saturated rings. The van der Waals surface area contributed by atoms with Gasteiger partial charge in [-0.05, 0) is 18.2 Å². The number of hydrogen-bond acceptors (Lipinski definition) is 9. The molecule has 120 valence electrons. The van der Waals surface area contributed by atoms with Crippen LogP contribution in [0.4, 0.5) is 10.3 Å². The normalized spacial score (nSPS) is 10.7. The van der Waals surface area contributed by atoms with Gasteiger partial charge >= 0.3 is 0 Å². The highest BCUT2D eigenvalue weighted by Crippen LogP contribution is 2.30. The van der Waals surface area contributed by atoms with E-state index in [9.17, 15) is 4.79 Å². The van der Waals surface area contributed by atoms with E-state index in [4.69, 9.17) is 4.74 Å². The van der Waals surface area contributed by atoms with Gasteiger partial charge in [0.25, 0.3) is 0 Å². The lowest BCUT2D eigenvalue weighted by molar-refractivity contribution is -0.113. The summed E-state index contributed by atoms with van der Waals surface area (Å²) >= 11 is 4.18. The Morgan fingerprint density at radius 1 is 1.30 bits per heavy atom. The molecule has 0 aliphatic heterocycles. The summed E-state index contributed by atoms with van der Waals surface area (Å²) in [7, 11) is 3.40. The van der Waals surface area contributed by atoms with Gasteiger partial charge in [-0.2, -0.15) is 0 Å². The van der Waals surface area contributed by atoms with Crippen LogP contribution in [-0.4, -0.2) is 41.0 Å². The first-order valence-corrected chi connectivity index (χ1v) is 9.18. The summed E-state index contributed by atoms with van der Waals surface area (Å²) in [6.45, 7) is 0. The number of thiazole rings is 1. The van der Waals surface area contributed by atoms with Crippen LogP contribution < -0.4 is 15.4 Å². The second-order valence-corrected chi connectivity index (χ2v) is 7.54. The molecule has 2 aromatic heterocycles. The molecule has 0 saturated carbocycles. The first-order chi connectivity index (χ1) is 11.2. The predicted molar refractivity (Wildman–Crippen MR) is 95.0 cm³/mol. The summed E-state index contributed by atoms with van der Waals surface area (Å²) in [4.78, 5) is 16.4.